The normalized spacial score (nSPS) is 10.7. The van der Waals surface area contributed by atoms with Crippen molar-refractivity contribution >= 4 is 23.8 Å². The van der Waals surface area contributed by atoms with E-state index in [2.05, 4.69) is 33.4 Å². The SMILES string of the molecule is C=CCN(CC=C)c1nc(NC(=O)OCC(C)C)n2oc(=O)nc2n1. The minimum absolute atomic E-state index is 0.0349. The lowest BCUT2D eigenvalue weighted by atomic mass is 10.2. The highest BCUT2D eigenvalue weighted by Crippen LogP contribution is 2.14. The minimum atomic E-state index is -0.857. The maximum absolute atomic E-state index is 11.9. The molecule has 10 heteroatoms. The Morgan fingerprint density at radius 1 is 1.32 bits per heavy atom. The Morgan fingerprint density at radius 2 is 2.00 bits per heavy atom. The molecular weight excluding hydrogens is 328 g/mol. The van der Waals surface area contributed by atoms with E-state index in [1.807, 2.05) is 13.8 Å². The van der Waals surface area contributed by atoms with Crippen molar-refractivity contribution in [3.8, 4) is 0 Å². The lowest BCUT2D eigenvalue weighted by Gasteiger charge is -2.19. The predicted octanol–water partition coefficient (Wildman–Crippen LogP) is 1.46. The number of amides is 1. The first kappa shape index (κ1) is 18.2. The van der Waals surface area contributed by atoms with Gasteiger partial charge in [-0.1, -0.05) is 30.6 Å². The van der Waals surface area contributed by atoms with E-state index in [1.165, 1.54) is 0 Å². The van der Waals surface area contributed by atoms with Crippen molar-refractivity contribution in [2.45, 2.75) is 13.8 Å². The number of rotatable bonds is 8. The van der Waals surface area contributed by atoms with Gasteiger partial charge in [-0.15, -0.1) is 18.1 Å². The summed E-state index contributed by atoms with van der Waals surface area (Å²) < 4.78 is 10.9. The van der Waals surface area contributed by atoms with Gasteiger partial charge in [-0.25, -0.2) is 9.59 Å². The summed E-state index contributed by atoms with van der Waals surface area (Å²) >= 11 is 0. The van der Waals surface area contributed by atoms with Gasteiger partial charge in [0.05, 0.1) is 6.61 Å². The van der Waals surface area contributed by atoms with Crippen LogP contribution in [-0.4, -0.2) is 45.3 Å². The smallest absolute Gasteiger partial charge is 0.449 e. The van der Waals surface area contributed by atoms with Crippen LogP contribution in [0.5, 0.6) is 0 Å². The molecule has 2 aromatic rings. The molecule has 0 aliphatic carbocycles. The van der Waals surface area contributed by atoms with Gasteiger partial charge in [-0.05, 0) is 5.92 Å². The zero-order valence-corrected chi connectivity index (χ0v) is 14.1. The summed E-state index contributed by atoms with van der Waals surface area (Å²) in [6.45, 7) is 12.3. The third-order valence-electron chi connectivity index (χ3n) is 2.88. The number of fused-ring (bicyclic) bond motifs is 1. The standard InChI is InChI=1S/C15H20N6O4/c1-5-7-20(8-6-2)11-16-12(18-14(22)24-9-10(3)4)21-13(17-11)19-15(23)25-21/h5-6,10H,1-2,7-9H2,3-4H3,(H,16,17,18,19,22,23). The van der Waals surface area contributed by atoms with Crippen LogP contribution in [0.25, 0.3) is 5.78 Å². The van der Waals surface area contributed by atoms with E-state index >= 15 is 0 Å². The summed E-state index contributed by atoms with van der Waals surface area (Å²) in [7, 11) is 0. The molecule has 25 heavy (non-hydrogen) atoms. The van der Waals surface area contributed by atoms with Gasteiger partial charge < -0.3 is 14.2 Å². The van der Waals surface area contributed by atoms with Crippen LogP contribution in [0.3, 0.4) is 0 Å². The molecule has 2 aromatic heterocycles. The number of carbonyl (C=O) groups excluding carboxylic acids is 1. The monoisotopic (exact) mass is 348 g/mol. The Hall–Kier alpha value is -3.17. The largest absolute Gasteiger partial charge is 0.462 e. The van der Waals surface area contributed by atoms with Gasteiger partial charge in [0.15, 0.2) is 0 Å². The van der Waals surface area contributed by atoms with E-state index in [1.54, 1.807) is 17.1 Å². The van der Waals surface area contributed by atoms with Crippen LogP contribution in [0.2, 0.25) is 0 Å². The van der Waals surface area contributed by atoms with Crippen molar-refractivity contribution in [3.05, 3.63) is 35.9 Å². The molecule has 1 amide bonds. The average Bonchev–Trinajstić information content (AvgIpc) is 2.93. The molecular formula is C15H20N6O4. The van der Waals surface area contributed by atoms with Crippen molar-refractivity contribution in [3.63, 3.8) is 0 Å². The molecule has 0 bridgehead atoms. The Balaban J connectivity index is 2.39. The highest BCUT2D eigenvalue weighted by molar-refractivity contribution is 5.82. The fourth-order valence-corrected chi connectivity index (χ4v) is 1.87. The Labute approximate surface area is 143 Å². The third-order valence-corrected chi connectivity index (χ3v) is 2.88. The van der Waals surface area contributed by atoms with E-state index in [0.717, 1.165) is 4.57 Å². The van der Waals surface area contributed by atoms with Crippen molar-refractivity contribution in [1.29, 1.82) is 0 Å². The van der Waals surface area contributed by atoms with Crippen LogP contribution in [0, 0.1) is 5.92 Å². The van der Waals surface area contributed by atoms with Crippen LogP contribution in [0.15, 0.2) is 34.6 Å². The van der Waals surface area contributed by atoms with Gasteiger partial charge in [-0.3, -0.25) is 5.32 Å². The number of nitrogens with one attached hydrogen (secondary N) is 1. The summed E-state index contributed by atoms with van der Waals surface area (Å²) in [5.41, 5.74) is 0. The molecule has 134 valence electrons. The van der Waals surface area contributed by atoms with Gasteiger partial charge in [0, 0.05) is 13.1 Å². The lowest BCUT2D eigenvalue weighted by Crippen LogP contribution is -2.27. The van der Waals surface area contributed by atoms with E-state index in [9.17, 15) is 9.59 Å². The number of nitrogens with zero attached hydrogens (tertiary/aromatic N) is 5. The van der Waals surface area contributed by atoms with Crippen LogP contribution in [0.4, 0.5) is 16.7 Å². The maximum Gasteiger partial charge on any atom is 0.462 e. The second kappa shape index (κ2) is 8.08. The predicted molar refractivity (Wildman–Crippen MR) is 91.7 cm³/mol. The second-order valence-electron chi connectivity index (χ2n) is 5.51. The number of carbonyl (C=O) groups is 1. The van der Waals surface area contributed by atoms with E-state index in [0.29, 0.717) is 13.1 Å². The van der Waals surface area contributed by atoms with Crippen LogP contribution in [-0.2, 0) is 4.74 Å². The van der Waals surface area contributed by atoms with Crippen molar-refractivity contribution in [2.24, 2.45) is 5.92 Å². The Bertz CT molecular complexity index is 815. The number of hydrogen-bond acceptors (Lipinski definition) is 8. The molecule has 0 saturated carbocycles. The molecule has 2 rings (SSSR count). The number of anilines is 2. The maximum atomic E-state index is 11.9. The summed E-state index contributed by atoms with van der Waals surface area (Å²) in [6, 6.07) is 0. The first-order valence-electron chi connectivity index (χ1n) is 7.63. The van der Waals surface area contributed by atoms with Gasteiger partial charge in [0.1, 0.15) is 0 Å². The summed E-state index contributed by atoms with van der Waals surface area (Å²) in [6.07, 6.45) is 2.60. The summed E-state index contributed by atoms with van der Waals surface area (Å²) in [5.74, 6) is -0.557. The van der Waals surface area contributed by atoms with Crippen molar-refractivity contribution in [1.82, 2.24) is 19.5 Å². The van der Waals surface area contributed by atoms with E-state index < -0.39 is 11.8 Å². The van der Waals surface area contributed by atoms with Crippen molar-refractivity contribution in [2.75, 3.05) is 29.9 Å². The highest BCUT2D eigenvalue weighted by Gasteiger charge is 2.18. The highest BCUT2D eigenvalue weighted by atomic mass is 16.6. The first-order chi connectivity index (χ1) is 11.9. The van der Waals surface area contributed by atoms with E-state index in [-0.39, 0.29) is 30.2 Å². The Kier molecular flexibility index (Phi) is 5.88. The molecule has 1 N–H and O–H groups in total. The molecule has 0 unspecified atom stereocenters. The number of hydrogen-bond donors (Lipinski definition) is 1. The molecule has 0 spiro atoms. The molecule has 0 radical (unpaired) electrons. The molecule has 10 nitrogen and oxygen atoms in total. The van der Waals surface area contributed by atoms with Gasteiger partial charge in [-0.2, -0.15) is 9.97 Å². The zero-order chi connectivity index (χ0) is 18.4. The molecule has 2 heterocycles. The lowest BCUT2D eigenvalue weighted by molar-refractivity contribution is 0.147. The third kappa shape index (κ3) is 4.66. The zero-order valence-electron chi connectivity index (χ0n) is 14.1. The second-order valence-corrected chi connectivity index (χ2v) is 5.51. The summed E-state index contributed by atoms with van der Waals surface area (Å²) in [5, 5.41) is 2.43. The fourth-order valence-electron chi connectivity index (χ4n) is 1.87. The average molecular weight is 348 g/mol. The molecule has 0 saturated heterocycles. The van der Waals surface area contributed by atoms with Crippen molar-refractivity contribution < 1.29 is 14.1 Å². The topological polar surface area (TPSA) is 115 Å². The summed E-state index contributed by atoms with van der Waals surface area (Å²) in [4.78, 5) is 37.1. The van der Waals surface area contributed by atoms with Crippen LogP contribution < -0.4 is 16.0 Å². The fraction of sp³-hybridized carbons (Fsp3) is 0.400. The Morgan fingerprint density at radius 3 is 2.60 bits per heavy atom. The molecule has 0 fully saturated rings. The van der Waals surface area contributed by atoms with Crippen LogP contribution in [0.1, 0.15) is 13.8 Å². The quantitative estimate of drug-likeness (QED) is 0.713. The number of ether oxygens (including phenoxy) is 1. The first-order valence-corrected chi connectivity index (χ1v) is 7.63. The number of aromatic nitrogens is 4. The van der Waals surface area contributed by atoms with Crippen LogP contribution >= 0.6 is 0 Å². The van der Waals surface area contributed by atoms with Gasteiger partial charge in [0.25, 0.3) is 11.7 Å². The van der Waals surface area contributed by atoms with Gasteiger partial charge in [0.2, 0.25) is 5.95 Å². The molecule has 0 aliphatic rings. The molecule has 0 aromatic carbocycles. The van der Waals surface area contributed by atoms with Gasteiger partial charge >= 0.3 is 11.8 Å². The molecule has 0 atom stereocenters. The molecule has 0 aliphatic heterocycles. The van der Waals surface area contributed by atoms with E-state index in [4.69, 9.17) is 9.26 Å². The minimum Gasteiger partial charge on any atom is -0.449 e.